The van der Waals surface area contributed by atoms with Crippen LogP contribution in [0.15, 0.2) is 30.3 Å². The van der Waals surface area contributed by atoms with Gasteiger partial charge in [0.05, 0.1) is 6.61 Å². The standard InChI is InChI=1S/C14H18O4/c1-11(15)16-9-13-10-17-14(2,18-13)8-12-6-4-3-5-7-12/h3-7,13H,8-10H2,1-2H3/t13-,14+/m1/s1. The highest BCUT2D eigenvalue weighted by atomic mass is 16.7. The van der Waals surface area contributed by atoms with Gasteiger partial charge in [-0.15, -0.1) is 0 Å². The second kappa shape index (κ2) is 5.50. The summed E-state index contributed by atoms with van der Waals surface area (Å²) in [5, 5.41) is 0. The van der Waals surface area contributed by atoms with Gasteiger partial charge >= 0.3 is 5.97 Å². The molecule has 1 aromatic rings. The highest BCUT2D eigenvalue weighted by molar-refractivity contribution is 5.65. The molecule has 4 nitrogen and oxygen atoms in total. The number of rotatable bonds is 4. The molecule has 1 fully saturated rings. The van der Waals surface area contributed by atoms with E-state index in [2.05, 4.69) is 0 Å². The minimum atomic E-state index is -0.633. The van der Waals surface area contributed by atoms with E-state index in [9.17, 15) is 4.79 Å². The summed E-state index contributed by atoms with van der Waals surface area (Å²) in [6.45, 7) is 4.00. The van der Waals surface area contributed by atoms with E-state index in [1.807, 2.05) is 37.3 Å². The predicted octanol–water partition coefficient (Wildman–Crippen LogP) is 1.92. The van der Waals surface area contributed by atoms with Gasteiger partial charge in [-0.05, 0) is 12.5 Å². The average molecular weight is 250 g/mol. The van der Waals surface area contributed by atoms with Gasteiger partial charge < -0.3 is 14.2 Å². The first-order chi connectivity index (χ1) is 8.57. The third-order valence-electron chi connectivity index (χ3n) is 2.83. The van der Waals surface area contributed by atoms with E-state index < -0.39 is 5.79 Å². The van der Waals surface area contributed by atoms with Crippen molar-refractivity contribution in [1.82, 2.24) is 0 Å². The SMILES string of the molecule is CC(=O)OC[C@@H]1CO[C@](C)(Cc2ccccc2)O1. The Morgan fingerprint density at radius 1 is 1.44 bits per heavy atom. The number of benzene rings is 1. The van der Waals surface area contributed by atoms with Gasteiger partial charge in [0.25, 0.3) is 0 Å². The highest BCUT2D eigenvalue weighted by Gasteiger charge is 2.37. The molecule has 0 spiro atoms. The van der Waals surface area contributed by atoms with Crippen molar-refractivity contribution in [2.45, 2.75) is 32.2 Å². The van der Waals surface area contributed by atoms with Crippen molar-refractivity contribution >= 4 is 5.97 Å². The first-order valence-electron chi connectivity index (χ1n) is 6.06. The molecule has 2 atom stereocenters. The molecule has 0 bridgehead atoms. The van der Waals surface area contributed by atoms with Crippen molar-refractivity contribution < 1.29 is 19.0 Å². The number of carbonyl (C=O) groups is 1. The van der Waals surface area contributed by atoms with Gasteiger partial charge in [-0.3, -0.25) is 4.79 Å². The van der Waals surface area contributed by atoms with Gasteiger partial charge in [0.15, 0.2) is 5.79 Å². The molecule has 0 saturated carbocycles. The third-order valence-corrected chi connectivity index (χ3v) is 2.83. The molecule has 0 amide bonds. The minimum absolute atomic E-state index is 0.178. The smallest absolute Gasteiger partial charge is 0.302 e. The number of ether oxygens (including phenoxy) is 3. The van der Waals surface area contributed by atoms with Gasteiger partial charge in [0.2, 0.25) is 0 Å². The Hall–Kier alpha value is -1.39. The second-order valence-corrected chi connectivity index (χ2v) is 4.65. The monoisotopic (exact) mass is 250 g/mol. The molecule has 0 N–H and O–H groups in total. The molecule has 1 aromatic carbocycles. The maximum absolute atomic E-state index is 10.7. The fourth-order valence-corrected chi connectivity index (χ4v) is 2.04. The molecular weight excluding hydrogens is 232 g/mol. The quantitative estimate of drug-likeness (QED) is 0.766. The molecule has 2 rings (SSSR count). The molecule has 0 radical (unpaired) electrons. The van der Waals surface area contributed by atoms with Crippen LogP contribution in [0.4, 0.5) is 0 Å². The van der Waals surface area contributed by atoms with E-state index in [1.165, 1.54) is 6.92 Å². The fourth-order valence-electron chi connectivity index (χ4n) is 2.04. The lowest BCUT2D eigenvalue weighted by Crippen LogP contribution is -2.30. The molecule has 1 aliphatic heterocycles. The van der Waals surface area contributed by atoms with Crippen molar-refractivity contribution in [1.29, 1.82) is 0 Å². The van der Waals surface area contributed by atoms with Crippen LogP contribution in [0.25, 0.3) is 0 Å². The predicted molar refractivity (Wildman–Crippen MR) is 66.0 cm³/mol. The topological polar surface area (TPSA) is 44.8 Å². The van der Waals surface area contributed by atoms with Crippen molar-refractivity contribution in [3.8, 4) is 0 Å². The Kier molecular flexibility index (Phi) is 3.99. The molecule has 18 heavy (non-hydrogen) atoms. The van der Waals surface area contributed by atoms with Gasteiger partial charge in [0.1, 0.15) is 12.7 Å². The maximum Gasteiger partial charge on any atom is 0.302 e. The highest BCUT2D eigenvalue weighted by Crippen LogP contribution is 2.27. The summed E-state index contributed by atoms with van der Waals surface area (Å²) in [7, 11) is 0. The van der Waals surface area contributed by atoms with Gasteiger partial charge in [-0.2, -0.15) is 0 Å². The van der Waals surface area contributed by atoms with E-state index in [0.29, 0.717) is 13.0 Å². The zero-order valence-corrected chi connectivity index (χ0v) is 10.7. The maximum atomic E-state index is 10.7. The minimum Gasteiger partial charge on any atom is -0.463 e. The Labute approximate surface area is 107 Å². The van der Waals surface area contributed by atoms with Gasteiger partial charge in [0, 0.05) is 13.3 Å². The van der Waals surface area contributed by atoms with Crippen LogP contribution in [0.5, 0.6) is 0 Å². The Morgan fingerprint density at radius 3 is 2.83 bits per heavy atom. The van der Waals surface area contributed by atoms with Gasteiger partial charge in [-0.1, -0.05) is 30.3 Å². The first kappa shape index (κ1) is 13.1. The van der Waals surface area contributed by atoms with E-state index in [-0.39, 0.29) is 18.7 Å². The lowest BCUT2D eigenvalue weighted by molar-refractivity contribution is -0.164. The van der Waals surface area contributed by atoms with Crippen molar-refractivity contribution in [2.24, 2.45) is 0 Å². The molecular formula is C14H18O4. The van der Waals surface area contributed by atoms with Gasteiger partial charge in [-0.25, -0.2) is 0 Å². The molecule has 0 unspecified atom stereocenters. The molecule has 1 saturated heterocycles. The number of hydrogen-bond acceptors (Lipinski definition) is 4. The third kappa shape index (κ3) is 3.55. The molecule has 4 heteroatoms. The van der Waals surface area contributed by atoms with Crippen molar-refractivity contribution in [3.05, 3.63) is 35.9 Å². The van der Waals surface area contributed by atoms with E-state index in [4.69, 9.17) is 14.2 Å². The van der Waals surface area contributed by atoms with Crippen LogP contribution in [0.1, 0.15) is 19.4 Å². The summed E-state index contributed by atoms with van der Waals surface area (Å²) in [6.07, 6.45) is 0.507. The summed E-state index contributed by atoms with van der Waals surface area (Å²) < 4.78 is 16.4. The zero-order chi connectivity index (χ0) is 13.0. The second-order valence-electron chi connectivity index (χ2n) is 4.65. The van der Waals surface area contributed by atoms with Crippen LogP contribution in [-0.2, 0) is 25.4 Å². The molecule has 0 aliphatic carbocycles. The first-order valence-corrected chi connectivity index (χ1v) is 6.06. The lowest BCUT2D eigenvalue weighted by atomic mass is 10.1. The van der Waals surface area contributed by atoms with Crippen molar-refractivity contribution in [2.75, 3.05) is 13.2 Å². The number of carbonyl (C=O) groups excluding carboxylic acids is 1. The zero-order valence-electron chi connectivity index (χ0n) is 10.7. The number of hydrogen-bond donors (Lipinski definition) is 0. The van der Waals surface area contributed by atoms with E-state index >= 15 is 0 Å². The summed E-state index contributed by atoms with van der Waals surface area (Å²) in [5.41, 5.74) is 1.16. The Morgan fingerprint density at radius 2 is 2.17 bits per heavy atom. The summed E-state index contributed by atoms with van der Waals surface area (Å²) in [5.74, 6) is -0.929. The van der Waals surface area contributed by atoms with Crippen LogP contribution in [-0.4, -0.2) is 31.1 Å². The van der Waals surface area contributed by atoms with Crippen LogP contribution >= 0.6 is 0 Å². The Bertz CT molecular complexity index is 404. The molecule has 98 valence electrons. The molecule has 1 aliphatic rings. The average Bonchev–Trinajstić information content (AvgIpc) is 2.69. The lowest BCUT2D eigenvalue weighted by Gasteiger charge is -2.23. The summed E-state index contributed by atoms with van der Waals surface area (Å²) >= 11 is 0. The van der Waals surface area contributed by atoms with Crippen LogP contribution in [0.3, 0.4) is 0 Å². The fraction of sp³-hybridized carbons (Fsp3) is 0.500. The Balaban J connectivity index is 1.88. The van der Waals surface area contributed by atoms with E-state index in [0.717, 1.165) is 5.56 Å². The van der Waals surface area contributed by atoms with Crippen LogP contribution in [0.2, 0.25) is 0 Å². The molecule has 0 aromatic heterocycles. The van der Waals surface area contributed by atoms with Crippen LogP contribution < -0.4 is 0 Å². The summed E-state index contributed by atoms with van der Waals surface area (Å²) in [6, 6.07) is 10.0. The normalized spacial score (nSPS) is 27.1. The molecule has 1 heterocycles. The largest absolute Gasteiger partial charge is 0.463 e. The summed E-state index contributed by atoms with van der Waals surface area (Å²) in [4.78, 5) is 10.7. The van der Waals surface area contributed by atoms with Crippen LogP contribution in [0, 0.1) is 0 Å². The van der Waals surface area contributed by atoms with E-state index in [1.54, 1.807) is 0 Å². The number of esters is 1. The van der Waals surface area contributed by atoms with Crippen molar-refractivity contribution in [3.63, 3.8) is 0 Å².